The lowest BCUT2D eigenvalue weighted by Gasteiger charge is -2.15. The van der Waals surface area contributed by atoms with Crippen molar-refractivity contribution in [3.63, 3.8) is 0 Å². The third kappa shape index (κ3) is 4.55. The number of nitrogen functional groups attached to an aromatic ring is 1. The van der Waals surface area contributed by atoms with E-state index in [1.165, 1.54) is 16.9 Å². The van der Waals surface area contributed by atoms with E-state index in [1.807, 2.05) is 0 Å². The van der Waals surface area contributed by atoms with Gasteiger partial charge in [0.2, 0.25) is 0 Å². The summed E-state index contributed by atoms with van der Waals surface area (Å²) >= 11 is 0. The number of anilines is 1. The Bertz CT molecular complexity index is 1100. The van der Waals surface area contributed by atoms with Crippen molar-refractivity contribution in [1.82, 2.24) is 14.8 Å². The monoisotopic (exact) mass is 430 g/mol. The molecule has 0 atom stereocenters. The molecule has 0 bridgehead atoms. The summed E-state index contributed by atoms with van der Waals surface area (Å²) in [5.74, 6) is 0.0406. The van der Waals surface area contributed by atoms with E-state index in [4.69, 9.17) is 10.5 Å². The summed E-state index contributed by atoms with van der Waals surface area (Å²) in [5, 5.41) is 4.07. The number of pyridine rings is 1. The van der Waals surface area contributed by atoms with Crippen molar-refractivity contribution in [1.29, 1.82) is 0 Å². The molecule has 3 aromatic rings. The van der Waals surface area contributed by atoms with Gasteiger partial charge >= 0.3 is 12.1 Å². The Morgan fingerprint density at radius 2 is 1.94 bits per heavy atom. The first kappa shape index (κ1) is 20.9. The van der Waals surface area contributed by atoms with Gasteiger partial charge in [0.1, 0.15) is 5.82 Å². The highest BCUT2D eigenvalue weighted by atomic mass is 19.4. The summed E-state index contributed by atoms with van der Waals surface area (Å²) in [6.07, 6.45) is 0.162. The lowest BCUT2D eigenvalue weighted by molar-refractivity contribution is -0.145. The fraction of sp³-hybridized carbons (Fsp3) is 0.318. The minimum atomic E-state index is -4.52. The van der Waals surface area contributed by atoms with Gasteiger partial charge in [-0.1, -0.05) is 18.2 Å². The number of aromatic nitrogens is 3. The molecule has 0 spiro atoms. The summed E-state index contributed by atoms with van der Waals surface area (Å²) in [6, 6.07) is 7.54. The van der Waals surface area contributed by atoms with E-state index in [-0.39, 0.29) is 30.5 Å². The number of nitrogens with two attached hydrogens (primary N) is 1. The van der Waals surface area contributed by atoms with Gasteiger partial charge in [0.15, 0.2) is 0 Å². The first-order valence-corrected chi connectivity index (χ1v) is 9.85. The number of alkyl halides is 3. The highest BCUT2D eigenvalue weighted by Crippen LogP contribution is 2.36. The second kappa shape index (κ2) is 8.05. The number of aryl methyl sites for hydroxylation is 1. The molecule has 0 aliphatic heterocycles. The lowest BCUT2D eigenvalue weighted by atomic mass is 9.97. The fourth-order valence-corrected chi connectivity index (χ4v) is 3.30. The molecule has 9 heteroatoms. The Morgan fingerprint density at radius 3 is 2.52 bits per heavy atom. The molecule has 1 aromatic carbocycles. The van der Waals surface area contributed by atoms with E-state index in [9.17, 15) is 18.0 Å². The van der Waals surface area contributed by atoms with E-state index in [1.54, 1.807) is 31.4 Å². The average Bonchev–Trinajstić information content (AvgIpc) is 3.54. The second-order valence-electron chi connectivity index (χ2n) is 7.56. The molecule has 1 fully saturated rings. The number of benzene rings is 1. The molecule has 0 amide bonds. The van der Waals surface area contributed by atoms with Crippen molar-refractivity contribution in [2.45, 2.75) is 25.4 Å². The maximum Gasteiger partial charge on any atom is 0.416 e. The van der Waals surface area contributed by atoms with E-state index in [2.05, 4.69) is 10.1 Å². The zero-order valence-corrected chi connectivity index (χ0v) is 16.8. The molecule has 2 heterocycles. The maximum absolute atomic E-state index is 13.7. The number of carbonyl (C=O) groups excluding carboxylic acids is 1. The number of nitrogens with zero attached hydrogens (tertiary/aromatic N) is 3. The lowest BCUT2D eigenvalue weighted by Crippen LogP contribution is -2.13. The number of carbonyl (C=O) groups is 1. The zero-order chi connectivity index (χ0) is 22.2. The Kier molecular flexibility index (Phi) is 5.43. The highest BCUT2D eigenvalue weighted by molar-refractivity contribution is 5.75. The van der Waals surface area contributed by atoms with Crippen molar-refractivity contribution in [2.24, 2.45) is 13.0 Å². The van der Waals surface area contributed by atoms with Crippen LogP contribution in [0, 0.1) is 5.92 Å². The Balaban J connectivity index is 1.55. The van der Waals surface area contributed by atoms with Crippen LogP contribution in [0.1, 0.15) is 24.0 Å². The van der Waals surface area contributed by atoms with Crippen LogP contribution in [-0.2, 0) is 29.2 Å². The Morgan fingerprint density at radius 1 is 1.19 bits per heavy atom. The number of halogens is 3. The van der Waals surface area contributed by atoms with Crippen LogP contribution >= 0.6 is 0 Å². The van der Waals surface area contributed by atoms with Gasteiger partial charge in [0.05, 0.1) is 35.5 Å². The van der Waals surface area contributed by atoms with Crippen LogP contribution in [0.4, 0.5) is 19.0 Å². The van der Waals surface area contributed by atoms with Gasteiger partial charge < -0.3 is 10.5 Å². The van der Waals surface area contributed by atoms with Crippen LogP contribution in [0.15, 0.2) is 42.7 Å². The fourth-order valence-electron chi connectivity index (χ4n) is 3.30. The molecule has 1 aliphatic rings. The molecule has 6 nitrogen and oxygen atoms in total. The van der Waals surface area contributed by atoms with Crippen molar-refractivity contribution < 1.29 is 22.7 Å². The quantitative estimate of drug-likeness (QED) is 0.592. The number of rotatable bonds is 6. The predicted octanol–water partition coefficient (Wildman–Crippen LogP) is 4.25. The van der Waals surface area contributed by atoms with Gasteiger partial charge in [-0.3, -0.25) is 14.5 Å². The third-order valence-corrected chi connectivity index (χ3v) is 5.30. The summed E-state index contributed by atoms with van der Waals surface area (Å²) in [5.41, 5.74) is 7.47. The Hall–Kier alpha value is -3.36. The van der Waals surface area contributed by atoms with Gasteiger partial charge in [0, 0.05) is 25.2 Å². The summed E-state index contributed by atoms with van der Waals surface area (Å²) < 4.78 is 47.6. The number of hydrogen-bond acceptors (Lipinski definition) is 5. The highest BCUT2D eigenvalue weighted by Gasteiger charge is 2.34. The Labute approximate surface area is 176 Å². The van der Waals surface area contributed by atoms with Crippen LogP contribution < -0.4 is 5.73 Å². The molecular formula is C22H21F3N4O2. The molecule has 0 saturated heterocycles. The van der Waals surface area contributed by atoms with Crippen molar-refractivity contribution in [3.05, 3.63) is 53.9 Å². The largest absolute Gasteiger partial charge is 0.465 e. The molecule has 1 saturated carbocycles. The van der Waals surface area contributed by atoms with E-state index < -0.39 is 11.7 Å². The van der Waals surface area contributed by atoms with E-state index in [0.29, 0.717) is 28.2 Å². The molecule has 0 radical (unpaired) electrons. The minimum absolute atomic E-state index is 0.00502. The molecular weight excluding hydrogens is 409 g/mol. The van der Waals surface area contributed by atoms with Crippen molar-refractivity contribution in [2.75, 3.05) is 12.3 Å². The van der Waals surface area contributed by atoms with E-state index in [0.717, 1.165) is 18.9 Å². The van der Waals surface area contributed by atoms with Gasteiger partial charge in [0.25, 0.3) is 0 Å². The minimum Gasteiger partial charge on any atom is -0.465 e. The van der Waals surface area contributed by atoms with E-state index >= 15 is 0 Å². The third-order valence-electron chi connectivity index (χ3n) is 5.30. The second-order valence-corrected chi connectivity index (χ2v) is 7.56. The maximum atomic E-state index is 13.7. The van der Waals surface area contributed by atoms with Gasteiger partial charge in [-0.25, -0.2) is 0 Å². The summed E-state index contributed by atoms with van der Waals surface area (Å²) in [7, 11) is 1.71. The molecule has 1 aliphatic carbocycles. The molecule has 31 heavy (non-hydrogen) atoms. The van der Waals surface area contributed by atoms with Crippen molar-refractivity contribution in [3.8, 4) is 22.4 Å². The predicted molar refractivity (Wildman–Crippen MR) is 109 cm³/mol. The average molecular weight is 430 g/mol. The van der Waals surface area contributed by atoms with Crippen LogP contribution in [0.2, 0.25) is 0 Å². The summed E-state index contributed by atoms with van der Waals surface area (Å²) in [4.78, 5) is 15.9. The molecule has 162 valence electrons. The summed E-state index contributed by atoms with van der Waals surface area (Å²) in [6.45, 7) is -0.0689. The first-order chi connectivity index (χ1) is 14.7. The zero-order valence-electron chi connectivity index (χ0n) is 16.8. The molecule has 2 aromatic heterocycles. The number of ether oxygens (including phenoxy) is 1. The van der Waals surface area contributed by atoms with Crippen LogP contribution in [0.25, 0.3) is 22.4 Å². The van der Waals surface area contributed by atoms with Crippen molar-refractivity contribution >= 4 is 11.8 Å². The van der Waals surface area contributed by atoms with Crippen LogP contribution in [0.3, 0.4) is 0 Å². The van der Waals surface area contributed by atoms with Crippen LogP contribution in [-0.4, -0.2) is 27.3 Å². The van der Waals surface area contributed by atoms with Crippen LogP contribution in [0.5, 0.6) is 0 Å². The first-order valence-electron chi connectivity index (χ1n) is 9.85. The molecule has 2 N–H and O–H groups in total. The van der Waals surface area contributed by atoms with Gasteiger partial charge in [-0.15, -0.1) is 0 Å². The normalized spacial score (nSPS) is 13.9. The molecule has 4 rings (SSSR count). The number of esters is 1. The van der Waals surface area contributed by atoms with Gasteiger partial charge in [-0.2, -0.15) is 18.3 Å². The standard InChI is InChI=1S/C22H21F3N4O2/c1-29-20(26)17(12-28-29)19-7-6-16(11-27-19)15-5-2-13(18(10-15)22(23,24)25)8-9-31-21(30)14-3-4-14/h2,5-7,10-12,14H,3-4,8-9,26H2,1H3. The smallest absolute Gasteiger partial charge is 0.416 e. The van der Waals surface area contributed by atoms with Gasteiger partial charge in [-0.05, 0) is 36.1 Å². The molecule has 0 unspecified atom stereocenters. The number of hydrogen-bond donors (Lipinski definition) is 1. The topological polar surface area (TPSA) is 83.0 Å². The SMILES string of the molecule is Cn1ncc(-c2ccc(-c3ccc(CCOC(=O)C4CC4)c(C(F)(F)F)c3)cn2)c1N.